The average molecular weight is 472 g/mol. The number of hydrogen-bond acceptors (Lipinski definition) is 5. The number of rotatable bonds is 7. The molecule has 0 aliphatic heterocycles. The van der Waals surface area contributed by atoms with Crippen molar-refractivity contribution < 1.29 is 4.79 Å². The smallest absolute Gasteiger partial charge is 0.251 e. The van der Waals surface area contributed by atoms with Gasteiger partial charge in [0.15, 0.2) is 11.5 Å². The molecule has 0 atom stereocenters. The summed E-state index contributed by atoms with van der Waals surface area (Å²) in [6, 6.07) is 16.7. The first-order chi connectivity index (χ1) is 15.0. The van der Waals surface area contributed by atoms with Gasteiger partial charge in [-0.1, -0.05) is 58.7 Å². The van der Waals surface area contributed by atoms with Crippen LogP contribution in [0.15, 0.2) is 59.6 Å². The van der Waals surface area contributed by atoms with Crippen molar-refractivity contribution in [3.8, 4) is 0 Å². The van der Waals surface area contributed by atoms with Crippen LogP contribution in [-0.4, -0.2) is 32.3 Å². The lowest BCUT2D eigenvalue weighted by molar-refractivity contribution is 0.0954. The van der Waals surface area contributed by atoms with E-state index in [-0.39, 0.29) is 5.91 Å². The lowest BCUT2D eigenvalue weighted by Crippen LogP contribution is -2.26. The number of fused-ring (bicyclic) bond motifs is 1. The summed E-state index contributed by atoms with van der Waals surface area (Å²) in [5.74, 6) is 1.24. The summed E-state index contributed by atoms with van der Waals surface area (Å²) in [7, 11) is 0. The molecule has 31 heavy (non-hydrogen) atoms. The number of amides is 1. The van der Waals surface area contributed by atoms with Crippen molar-refractivity contribution in [3.05, 3.63) is 87.2 Å². The van der Waals surface area contributed by atoms with Crippen molar-refractivity contribution in [2.75, 3.05) is 6.54 Å². The molecule has 9 heteroatoms. The van der Waals surface area contributed by atoms with Crippen LogP contribution in [0.3, 0.4) is 0 Å². The first kappa shape index (κ1) is 21.6. The second-order valence-corrected chi connectivity index (χ2v) is 8.79. The molecule has 1 amide bonds. The van der Waals surface area contributed by atoms with Crippen molar-refractivity contribution in [2.24, 2.45) is 0 Å². The molecule has 4 aromatic rings. The summed E-state index contributed by atoms with van der Waals surface area (Å²) in [5.41, 5.74) is 3.40. The molecule has 0 saturated heterocycles. The Hall–Kier alpha value is -2.61. The zero-order chi connectivity index (χ0) is 21.8. The molecule has 158 valence electrons. The maximum absolute atomic E-state index is 12.3. The minimum Gasteiger partial charge on any atom is -0.352 e. The van der Waals surface area contributed by atoms with Crippen LogP contribution in [0.2, 0.25) is 10.0 Å². The summed E-state index contributed by atoms with van der Waals surface area (Å²) < 4.78 is 1.71. The minimum absolute atomic E-state index is 0.113. The molecule has 0 bridgehead atoms. The van der Waals surface area contributed by atoms with Gasteiger partial charge in [-0.2, -0.15) is 9.61 Å². The fourth-order valence-corrected chi connectivity index (χ4v) is 4.35. The van der Waals surface area contributed by atoms with Gasteiger partial charge in [-0.05, 0) is 48.9 Å². The minimum atomic E-state index is -0.113. The summed E-state index contributed by atoms with van der Waals surface area (Å²) in [4.78, 5) is 12.3. The first-order valence-corrected chi connectivity index (χ1v) is 11.4. The molecule has 2 heterocycles. The largest absolute Gasteiger partial charge is 0.352 e. The Balaban J connectivity index is 1.39. The van der Waals surface area contributed by atoms with Gasteiger partial charge in [-0.15, -0.1) is 10.2 Å². The number of carbonyl (C=O) groups is 1. The Bertz CT molecular complexity index is 1230. The Morgan fingerprint density at radius 3 is 2.65 bits per heavy atom. The van der Waals surface area contributed by atoms with E-state index in [1.165, 1.54) is 0 Å². The number of nitrogens with zero attached hydrogens (tertiary/aromatic N) is 4. The van der Waals surface area contributed by atoms with E-state index in [1.54, 1.807) is 22.3 Å². The second-order valence-electron chi connectivity index (χ2n) is 6.95. The van der Waals surface area contributed by atoms with Crippen LogP contribution in [0.1, 0.15) is 27.3 Å². The van der Waals surface area contributed by atoms with Gasteiger partial charge in [0.05, 0.1) is 0 Å². The predicted molar refractivity (Wildman–Crippen MR) is 124 cm³/mol. The van der Waals surface area contributed by atoms with Crippen LogP contribution in [0.25, 0.3) is 5.65 Å². The number of thioether (sulfide) groups is 1. The number of nitrogens with one attached hydrogen (secondary N) is 1. The fraction of sp³-hybridized carbons (Fsp3) is 0.182. The van der Waals surface area contributed by atoms with E-state index in [1.807, 2.05) is 55.5 Å². The van der Waals surface area contributed by atoms with Gasteiger partial charge in [0.2, 0.25) is 0 Å². The van der Waals surface area contributed by atoms with E-state index in [0.29, 0.717) is 45.8 Å². The lowest BCUT2D eigenvalue weighted by atomic mass is 10.1. The average Bonchev–Trinajstić information content (AvgIpc) is 3.16. The highest BCUT2D eigenvalue weighted by atomic mass is 35.5. The normalized spacial score (nSPS) is 11.1. The van der Waals surface area contributed by atoms with E-state index >= 15 is 0 Å². The van der Waals surface area contributed by atoms with Gasteiger partial charge < -0.3 is 5.32 Å². The number of carbonyl (C=O) groups excluding carboxylic acids is 1. The number of aromatic nitrogens is 4. The van der Waals surface area contributed by atoms with Crippen LogP contribution >= 0.6 is 35.0 Å². The van der Waals surface area contributed by atoms with E-state index in [9.17, 15) is 4.79 Å². The molecule has 1 N–H and O–H groups in total. The van der Waals surface area contributed by atoms with E-state index in [0.717, 1.165) is 16.2 Å². The van der Waals surface area contributed by atoms with Crippen molar-refractivity contribution in [3.63, 3.8) is 0 Å². The number of halogens is 2. The molecule has 2 aromatic heterocycles. The number of hydrogen-bond donors (Lipinski definition) is 1. The molecule has 0 aliphatic carbocycles. The Kier molecular flexibility index (Phi) is 6.75. The fourth-order valence-electron chi connectivity index (χ4n) is 2.93. The third kappa shape index (κ3) is 5.36. The molecule has 0 saturated carbocycles. The van der Waals surface area contributed by atoms with Crippen LogP contribution in [0.5, 0.6) is 0 Å². The summed E-state index contributed by atoms with van der Waals surface area (Å²) in [6.07, 6.45) is 0.517. The molecular weight excluding hydrogens is 453 g/mol. The third-order valence-electron chi connectivity index (χ3n) is 4.64. The van der Waals surface area contributed by atoms with Crippen molar-refractivity contribution in [1.29, 1.82) is 0 Å². The monoisotopic (exact) mass is 471 g/mol. The molecule has 6 nitrogen and oxygen atoms in total. The van der Waals surface area contributed by atoms with Gasteiger partial charge in [0.25, 0.3) is 5.91 Å². The quantitative estimate of drug-likeness (QED) is 0.383. The molecule has 0 fully saturated rings. The van der Waals surface area contributed by atoms with Crippen LogP contribution < -0.4 is 5.32 Å². The Labute approximate surface area is 194 Å². The van der Waals surface area contributed by atoms with Gasteiger partial charge in [0, 0.05) is 34.3 Å². The van der Waals surface area contributed by atoms with Gasteiger partial charge in [-0.25, -0.2) is 0 Å². The topological polar surface area (TPSA) is 72.2 Å². The molecule has 0 unspecified atom stereocenters. The Morgan fingerprint density at radius 1 is 1.06 bits per heavy atom. The standard InChI is InChI=1S/C22H19Cl2N5OS/c1-14-2-4-15(5-3-14)22(30)25-11-10-20-27-26-19-8-9-21(28-29(19)20)31-13-16-6-7-17(23)12-18(16)24/h2-9,12H,10-11,13H2,1H3,(H,25,30). The van der Waals surface area contributed by atoms with E-state index < -0.39 is 0 Å². The first-order valence-electron chi connectivity index (χ1n) is 9.62. The van der Waals surface area contributed by atoms with Crippen LogP contribution in [-0.2, 0) is 12.2 Å². The van der Waals surface area contributed by atoms with Crippen molar-refractivity contribution in [1.82, 2.24) is 25.1 Å². The molecular formula is C22H19Cl2N5OS. The third-order valence-corrected chi connectivity index (χ3v) is 6.20. The number of benzene rings is 2. The van der Waals surface area contributed by atoms with Gasteiger partial charge >= 0.3 is 0 Å². The van der Waals surface area contributed by atoms with Crippen LogP contribution in [0.4, 0.5) is 0 Å². The van der Waals surface area contributed by atoms with Gasteiger partial charge in [-0.3, -0.25) is 4.79 Å². The maximum atomic E-state index is 12.3. The highest BCUT2D eigenvalue weighted by Gasteiger charge is 2.10. The van der Waals surface area contributed by atoms with E-state index in [4.69, 9.17) is 23.2 Å². The highest BCUT2D eigenvalue weighted by molar-refractivity contribution is 7.98. The van der Waals surface area contributed by atoms with E-state index in [2.05, 4.69) is 20.6 Å². The molecule has 0 aliphatic rings. The maximum Gasteiger partial charge on any atom is 0.251 e. The molecule has 0 spiro atoms. The summed E-state index contributed by atoms with van der Waals surface area (Å²) in [6.45, 7) is 2.43. The molecule has 4 rings (SSSR count). The Morgan fingerprint density at radius 2 is 1.87 bits per heavy atom. The van der Waals surface area contributed by atoms with Crippen molar-refractivity contribution in [2.45, 2.75) is 24.1 Å². The lowest BCUT2D eigenvalue weighted by Gasteiger charge is -2.06. The van der Waals surface area contributed by atoms with Gasteiger partial charge in [0.1, 0.15) is 5.03 Å². The van der Waals surface area contributed by atoms with Crippen LogP contribution in [0, 0.1) is 6.92 Å². The summed E-state index contributed by atoms with van der Waals surface area (Å²) >= 11 is 13.8. The molecule has 2 aromatic carbocycles. The highest BCUT2D eigenvalue weighted by Crippen LogP contribution is 2.27. The zero-order valence-electron chi connectivity index (χ0n) is 16.7. The second kappa shape index (κ2) is 9.68. The summed E-state index contributed by atoms with van der Waals surface area (Å²) in [5, 5.41) is 18.0. The van der Waals surface area contributed by atoms with Crippen molar-refractivity contribution >= 4 is 46.5 Å². The predicted octanol–water partition coefficient (Wildman–Crippen LogP) is 5.00. The SMILES string of the molecule is Cc1ccc(C(=O)NCCc2nnc3ccc(SCc4ccc(Cl)cc4Cl)nn23)cc1. The zero-order valence-corrected chi connectivity index (χ0v) is 19.0. The molecule has 0 radical (unpaired) electrons. The number of aryl methyl sites for hydroxylation is 1.